The number of carbonyl (C=O) groups excluding carboxylic acids is 1. The second-order valence-corrected chi connectivity index (χ2v) is 3.87. The van der Waals surface area contributed by atoms with Gasteiger partial charge in [-0.25, -0.2) is 4.68 Å². The minimum atomic E-state index is -0.149. The van der Waals surface area contributed by atoms with E-state index in [1.54, 1.807) is 10.9 Å². The Kier molecular flexibility index (Phi) is 4.03. The molecule has 0 bridgehead atoms. The van der Waals surface area contributed by atoms with Gasteiger partial charge in [0, 0.05) is 13.0 Å². The van der Waals surface area contributed by atoms with Crippen molar-refractivity contribution in [1.29, 1.82) is 0 Å². The molecule has 1 heterocycles. The molecular weight excluding hydrogens is 230 g/mol. The first kappa shape index (κ1) is 12.3. The van der Waals surface area contributed by atoms with Crippen LogP contribution in [0.15, 0.2) is 36.5 Å². The summed E-state index contributed by atoms with van der Waals surface area (Å²) in [6.45, 7) is 0.949. The van der Waals surface area contributed by atoms with Crippen LogP contribution in [0.25, 0.3) is 0 Å². The zero-order valence-corrected chi connectivity index (χ0v) is 9.91. The van der Waals surface area contributed by atoms with Crippen molar-refractivity contribution in [1.82, 2.24) is 15.0 Å². The molecule has 6 heteroatoms. The Balaban J connectivity index is 1.96. The van der Waals surface area contributed by atoms with E-state index in [1.165, 1.54) is 0 Å². The molecule has 0 saturated heterocycles. The van der Waals surface area contributed by atoms with Crippen LogP contribution < -0.4 is 11.1 Å². The molecule has 94 valence electrons. The molecule has 1 aromatic heterocycles. The normalized spacial score (nSPS) is 10.3. The molecule has 6 nitrogen and oxygen atoms in total. The smallest absolute Gasteiger partial charge is 0.226 e. The van der Waals surface area contributed by atoms with Crippen molar-refractivity contribution in [3.63, 3.8) is 0 Å². The standard InChI is InChI=1S/C12H15N5O/c13-7-6-12(18)14-11-9-17(16-15-11)8-10-4-2-1-3-5-10/h1-5,9H,6-8,13H2,(H,14,18). The molecule has 0 fully saturated rings. The second-order valence-electron chi connectivity index (χ2n) is 3.87. The van der Waals surface area contributed by atoms with Crippen molar-refractivity contribution in [2.75, 3.05) is 11.9 Å². The third-order valence-electron chi connectivity index (χ3n) is 2.36. The van der Waals surface area contributed by atoms with Crippen molar-refractivity contribution in [2.45, 2.75) is 13.0 Å². The van der Waals surface area contributed by atoms with E-state index in [2.05, 4.69) is 15.6 Å². The van der Waals surface area contributed by atoms with Gasteiger partial charge >= 0.3 is 0 Å². The Morgan fingerprint density at radius 3 is 2.83 bits per heavy atom. The quantitative estimate of drug-likeness (QED) is 0.808. The van der Waals surface area contributed by atoms with Crippen LogP contribution in [0.3, 0.4) is 0 Å². The van der Waals surface area contributed by atoms with Gasteiger partial charge in [0.2, 0.25) is 5.91 Å². The fourth-order valence-electron chi connectivity index (χ4n) is 1.54. The zero-order chi connectivity index (χ0) is 12.8. The molecule has 3 N–H and O–H groups in total. The first-order chi connectivity index (χ1) is 8.78. The van der Waals surface area contributed by atoms with Gasteiger partial charge in [0.25, 0.3) is 0 Å². The van der Waals surface area contributed by atoms with E-state index < -0.39 is 0 Å². The van der Waals surface area contributed by atoms with E-state index in [0.717, 1.165) is 5.56 Å². The molecule has 0 aliphatic carbocycles. The van der Waals surface area contributed by atoms with Crippen molar-refractivity contribution < 1.29 is 4.79 Å². The van der Waals surface area contributed by atoms with E-state index in [0.29, 0.717) is 18.9 Å². The molecular formula is C12H15N5O. The number of hydrogen-bond donors (Lipinski definition) is 2. The molecule has 0 radical (unpaired) electrons. The maximum Gasteiger partial charge on any atom is 0.226 e. The third kappa shape index (κ3) is 3.39. The van der Waals surface area contributed by atoms with Gasteiger partial charge in [-0.15, -0.1) is 5.10 Å². The number of nitrogens with one attached hydrogen (secondary N) is 1. The van der Waals surface area contributed by atoms with E-state index in [9.17, 15) is 4.79 Å². The molecule has 1 amide bonds. The summed E-state index contributed by atoms with van der Waals surface area (Å²) < 4.78 is 1.67. The first-order valence-electron chi connectivity index (χ1n) is 5.72. The summed E-state index contributed by atoms with van der Waals surface area (Å²) in [5.74, 6) is 0.300. The predicted molar refractivity (Wildman–Crippen MR) is 67.9 cm³/mol. The first-order valence-corrected chi connectivity index (χ1v) is 5.72. The van der Waals surface area contributed by atoms with Crippen LogP contribution in [0.2, 0.25) is 0 Å². The van der Waals surface area contributed by atoms with Crippen molar-refractivity contribution in [3.8, 4) is 0 Å². The fraction of sp³-hybridized carbons (Fsp3) is 0.250. The molecule has 1 aromatic carbocycles. The Labute approximate surface area is 105 Å². The van der Waals surface area contributed by atoms with E-state index >= 15 is 0 Å². The molecule has 0 unspecified atom stereocenters. The highest BCUT2D eigenvalue weighted by molar-refractivity contribution is 5.89. The van der Waals surface area contributed by atoms with Gasteiger partial charge in [0.05, 0.1) is 12.7 Å². The maximum absolute atomic E-state index is 11.3. The predicted octanol–water partition coefficient (Wildman–Crippen LogP) is 0.614. The topological polar surface area (TPSA) is 85.8 Å². The van der Waals surface area contributed by atoms with Gasteiger partial charge in [-0.05, 0) is 5.56 Å². The summed E-state index contributed by atoms with van der Waals surface area (Å²) in [6.07, 6.45) is 1.98. The van der Waals surface area contributed by atoms with Gasteiger partial charge in [-0.1, -0.05) is 35.5 Å². The van der Waals surface area contributed by atoms with E-state index in [1.807, 2.05) is 30.3 Å². The largest absolute Gasteiger partial charge is 0.330 e. The lowest BCUT2D eigenvalue weighted by Crippen LogP contribution is -2.16. The SMILES string of the molecule is NCCC(=O)Nc1cn(Cc2ccccc2)nn1. The molecule has 2 rings (SSSR count). The van der Waals surface area contributed by atoms with Crippen molar-refractivity contribution in [3.05, 3.63) is 42.1 Å². The maximum atomic E-state index is 11.3. The number of benzene rings is 1. The highest BCUT2D eigenvalue weighted by Crippen LogP contribution is 2.05. The van der Waals surface area contributed by atoms with Crippen LogP contribution in [0.1, 0.15) is 12.0 Å². The Morgan fingerprint density at radius 2 is 2.11 bits per heavy atom. The summed E-state index contributed by atoms with van der Waals surface area (Å²) >= 11 is 0. The fourth-order valence-corrected chi connectivity index (χ4v) is 1.54. The highest BCUT2D eigenvalue weighted by Gasteiger charge is 2.05. The van der Waals surface area contributed by atoms with Gasteiger partial charge in [0.1, 0.15) is 0 Å². The van der Waals surface area contributed by atoms with Crippen LogP contribution in [-0.4, -0.2) is 27.4 Å². The monoisotopic (exact) mass is 245 g/mol. The average molecular weight is 245 g/mol. The summed E-state index contributed by atoms with van der Waals surface area (Å²) in [4.78, 5) is 11.3. The summed E-state index contributed by atoms with van der Waals surface area (Å²) in [6, 6.07) is 9.92. The molecule has 0 spiro atoms. The van der Waals surface area contributed by atoms with Crippen LogP contribution >= 0.6 is 0 Å². The van der Waals surface area contributed by atoms with Crippen LogP contribution in [-0.2, 0) is 11.3 Å². The van der Waals surface area contributed by atoms with Crippen LogP contribution in [0.5, 0.6) is 0 Å². The summed E-state index contributed by atoms with van der Waals surface area (Å²) in [7, 11) is 0. The molecule has 0 aliphatic rings. The Bertz CT molecular complexity index is 508. The average Bonchev–Trinajstić information content (AvgIpc) is 2.78. The number of carbonyl (C=O) groups is 1. The summed E-state index contributed by atoms with van der Waals surface area (Å²) in [5.41, 5.74) is 6.42. The second kappa shape index (κ2) is 5.92. The number of rotatable bonds is 5. The molecule has 2 aromatic rings. The molecule has 0 atom stereocenters. The number of nitrogens with two attached hydrogens (primary N) is 1. The van der Waals surface area contributed by atoms with Gasteiger partial charge in [-0.2, -0.15) is 0 Å². The van der Waals surface area contributed by atoms with Crippen LogP contribution in [0, 0.1) is 0 Å². The lowest BCUT2D eigenvalue weighted by Gasteiger charge is -2.00. The number of nitrogens with zero attached hydrogens (tertiary/aromatic N) is 3. The number of aromatic nitrogens is 3. The number of hydrogen-bond acceptors (Lipinski definition) is 4. The van der Waals surface area contributed by atoms with Gasteiger partial charge in [0.15, 0.2) is 5.82 Å². The van der Waals surface area contributed by atoms with Crippen LogP contribution in [0.4, 0.5) is 5.82 Å². The van der Waals surface area contributed by atoms with Gasteiger partial charge < -0.3 is 11.1 Å². The Hall–Kier alpha value is -2.21. The highest BCUT2D eigenvalue weighted by atomic mass is 16.1. The minimum Gasteiger partial charge on any atom is -0.330 e. The third-order valence-corrected chi connectivity index (χ3v) is 2.36. The molecule has 0 saturated carbocycles. The van der Waals surface area contributed by atoms with E-state index in [-0.39, 0.29) is 12.3 Å². The lowest BCUT2D eigenvalue weighted by atomic mass is 10.2. The van der Waals surface area contributed by atoms with Crippen molar-refractivity contribution >= 4 is 11.7 Å². The molecule has 0 aliphatic heterocycles. The number of amides is 1. The van der Waals surface area contributed by atoms with Gasteiger partial charge in [-0.3, -0.25) is 4.79 Å². The zero-order valence-electron chi connectivity index (χ0n) is 9.91. The van der Waals surface area contributed by atoms with E-state index in [4.69, 9.17) is 5.73 Å². The van der Waals surface area contributed by atoms with Crippen molar-refractivity contribution in [2.24, 2.45) is 5.73 Å². The number of anilines is 1. The lowest BCUT2D eigenvalue weighted by molar-refractivity contribution is -0.116. The minimum absolute atomic E-state index is 0.149. The Morgan fingerprint density at radius 1 is 1.33 bits per heavy atom. The summed E-state index contributed by atoms with van der Waals surface area (Å²) in [5, 5.41) is 10.5. The molecule has 18 heavy (non-hydrogen) atoms.